The second kappa shape index (κ2) is 8.73. The van der Waals surface area contributed by atoms with E-state index in [2.05, 4.69) is 5.32 Å². The lowest BCUT2D eigenvalue weighted by molar-refractivity contribution is -0.140. The van der Waals surface area contributed by atoms with Crippen LogP contribution in [0.3, 0.4) is 0 Å². The normalized spacial score (nSPS) is 9.70. The smallest absolute Gasteiger partial charge is 0.323 e. The van der Waals surface area contributed by atoms with E-state index in [-0.39, 0.29) is 13.1 Å². The molecule has 3 amide bonds. The van der Waals surface area contributed by atoms with E-state index < -0.39 is 37.0 Å². The third-order valence-electron chi connectivity index (χ3n) is 2.28. The minimum Gasteiger partial charge on any atom is -0.480 e. The zero-order valence-corrected chi connectivity index (χ0v) is 11.5. The molecule has 0 aliphatic rings. The molecule has 0 unspecified atom stereocenters. The Labute approximate surface area is 116 Å². The lowest BCUT2D eigenvalue weighted by Crippen LogP contribution is -2.50. The Morgan fingerprint density at radius 2 is 1.40 bits per heavy atom. The maximum Gasteiger partial charge on any atom is 0.323 e. The summed E-state index contributed by atoms with van der Waals surface area (Å²) in [5, 5.41) is 19.9. The number of carboxylic acids is 2. The molecule has 9 nitrogen and oxygen atoms in total. The molecule has 0 radical (unpaired) electrons. The fourth-order valence-electron chi connectivity index (χ4n) is 1.46. The van der Waals surface area contributed by atoms with Crippen molar-refractivity contribution in [3.63, 3.8) is 0 Å². The second-order valence-electron chi connectivity index (χ2n) is 3.89. The number of aliphatic carboxylic acids is 2. The third kappa shape index (κ3) is 6.57. The lowest BCUT2D eigenvalue weighted by atomic mass is 10.4. The highest BCUT2D eigenvalue weighted by atomic mass is 16.4. The number of rotatable bonds is 8. The monoisotopic (exact) mass is 289 g/mol. The topological polar surface area (TPSA) is 127 Å². The van der Waals surface area contributed by atoms with Crippen LogP contribution in [-0.2, 0) is 14.4 Å². The van der Waals surface area contributed by atoms with E-state index in [1.807, 2.05) is 0 Å². The summed E-state index contributed by atoms with van der Waals surface area (Å²) in [6, 6.07) is -0.802. The van der Waals surface area contributed by atoms with Crippen LogP contribution >= 0.6 is 0 Å². The molecule has 9 heteroatoms. The molecule has 0 aromatic heterocycles. The van der Waals surface area contributed by atoms with E-state index in [1.165, 1.54) is 0 Å². The number of amides is 3. The summed E-state index contributed by atoms with van der Waals surface area (Å²) in [5.74, 6) is -3.05. The van der Waals surface area contributed by atoms with E-state index in [1.54, 1.807) is 13.8 Å². The van der Waals surface area contributed by atoms with Gasteiger partial charge in [0.15, 0.2) is 0 Å². The van der Waals surface area contributed by atoms with Crippen molar-refractivity contribution in [2.24, 2.45) is 0 Å². The van der Waals surface area contributed by atoms with Gasteiger partial charge in [-0.2, -0.15) is 0 Å². The first kappa shape index (κ1) is 17.7. The Hall–Kier alpha value is -2.32. The van der Waals surface area contributed by atoms with Crippen molar-refractivity contribution >= 4 is 23.9 Å². The van der Waals surface area contributed by atoms with Gasteiger partial charge in [0.2, 0.25) is 5.91 Å². The fourth-order valence-corrected chi connectivity index (χ4v) is 1.46. The summed E-state index contributed by atoms with van der Waals surface area (Å²) in [5.41, 5.74) is 0. The summed E-state index contributed by atoms with van der Waals surface area (Å²) < 4.78 is 0. The van der Waals surface area contributed by atoms with Crippen LogP contribution in [0.25, 0.3) is 0 Å². The summed E-state index contributed by atoms with van der Waals surface area (Å²) in [6.07, 6.45) is 0. The van der Waals surface area contributed by atoms with E-state index in [0.717, 1.165) is 4.90 Å². The van der Waals surface area contributed by atoms with Gasteiger partial charge < -0.3 is 25.3 Å². The fraction of sp³-hybridized carbons (Fsp3) is 0.636. The average molecular weight is 289 g/mol. The summed E-state index contributed by atoms with van der Waals surface area (Å²) >= 11 is 0. The minimum atomic E-state index is -1.33. The van der Waals surface area contributed by atoms with E-state index >= 15 is 0 Å². The summed E-state index contributed by atoms with van der Waals surface area (Å²) in [6.45, 7) is 2.16. The molecule has 0 aliphatic heterocycles. The molecule has 0 aromatic rings. The Morgan fingerprint density at radius 3 is 1.75 bits per heavy atom. The van der Waals surface area contributed by atoms with E-state index in [0.29, 0.717) is 11.4 Å². The molecule has 0 atom stereocenters. The molecule has 3 N–H and O–H groups in total. The van der Waals surface area contributed by atoms with Crippen LogP contribution in [0.4, 0.5) is 4.79 Å². The molecule has 0 heterocycles. The van der Waals surface area contributed by atoms with Crippen LogP contribution in [0.2, 0.25) is 0 Å². The van der Waals surface area contributed by atoms with Crippen molar-refractivity contribution in [3.8, 4) is 0 Å². The second-order valence-corrected chi connectivity index (χ2v) is 3.89. The zero-order chi connectivity index (χ0) is 15.7. The highest BCUT2D eigenvalue weighted by Crippen LogP contribution is 2.00. The van der Waals surface area contributed by atoms with Gasteiger partial charge in [0.1, 0.15) is 19.6 Å². The van der Waals surface area contributed by atoms with Crippen molar-refractivity contribution in [2.75, 3.05) is 32.7 Å². The van der Waals surface area contributed by atoms with E-state index in [9.17, 15) is 19.2 Å². The maximum absolute atomic E-state index is 12.0. The third-order valence-corrected chi connectivity index (χ3v) is 2.28. The number of hydrogen-bond acceptors (Lipinski definition) is 4. The summed E-state index contributed by atoms with van der Waals surface area (Å²) in [4.78, 5) is 46.5. The van der Waals surface area contributed by atoms with Crippen LogP contribution in [0.15, 0.2) is 0 Å². The molecule has 114 valence electrons. The highest BCUT2D eigenvalue weighted by Gasteiger charge is 2.25. The number of nitrogens with one attached hydrogen (secondary N) is 1. The molecule has 0 aliphatic carbocycles. The van der Waals surface area contributed by atoms with Crippen LogP contribution in [-0.4, -0.2) is 76.6 Å². The first-order valence-corrected chi connectivity index (χ1v) is 6.05. The Morgan fingerprint density at radius 1 is 0.900 bits per heavy atom. The molecular weight excluding hydrogens is 270 g/mol. The summed E-state index contributed by atoms with van der Waals surface area (Å²) in [7, 11) is 0. The van der Waals surface area contributed by atoms with Crippen molar-refractivity contribution in [1.82, 2.24) is 15.1 Å². The molecule has 20 heavy (non-hydrogen) atoms. The van der Waals surface area contributed by atoms with E-state index in [4.69, 9.17) is 10.2 Å². The molecule has 0 fully saturated rings. The molecule has 0 spiro atoms. The number of urea groups is 1. The van der Waals surface area contributed by atoms with Crippen LogP contribution in [0.5, 0.6) is 0 Å². The van der Waals surface area contributed by atoms with Gasteiger partial charge in [-0.15, -0.1) is 0 Å². The number of carbonyl (C=O) groups is 4. The Kier molecular flexibility index (Phi) is 7.71. The van der Waals surface area contributed by atoms with Crippen LogP contribution < -0.4 is 5.32 Å². The number of carboxylic acid groups (broad SMARTS) is 2. The molecule has 0 aromatic carbocycles. The SMILES string of the molecule is CCNC(=O)CN(CC)C(=O)N(CC(=O)O)CC(=O)O. The van der Waals surface area contributed by atoms with Crippen molar-refractivity contribution < 1.29 is 29.4 Å². The molecular formula is C11H19N3O6. The lowest BCUT2D eigenvalue weighted by Gasteiger charge is -2.27. The number of carbonyl (C=O) groups excluding carboxylic acids is 2. The van der Waals surface area contributed by atoms with Gasteiger partial charge >= 0.3 is 18.0 Å². The first-order chi connectivity index (χ1) is 9.31. The van der Waals surface area contributed by atoms with Crippen LogP contribution in [0, 0.1) is 0 Å². The Bertz CT molecular complexity index is 368. The predicted molar refractivity (Wildman–Crippen MR) is 68.2 cm³/mol. The van der Waals surface area contributed by atoms with Gasteiger partial charge in [-0.25, -0.2) is 4.79 Å². The van der Waals surface area contributed by atoms with Crippen LogP contribution in [0.1, 0.15) is 13.8 Å². The zero-order valence-electron chi connectivity index (χ0n) is 11.5. The number of nitrogens with zero attached hydrogens (tertiary/aromatic N) is 2. The van der Waals surface area contributed by atoms with Crippen molar-refractivity contribution in [1.29, 1.82) is 0 Å². The van der Waals surface area contributed by atoms with Gasteiger partial charge in [-0.1, -0.05) is 0 Å². The van der Waals surface area contributed by atoms with Gasteiger partial charge in [-0.3, -0.25) is 14.4 Å². The average Bonchev–Trinajstić information content (AvgIpc) is 2.33. The maximum atomic E-state index is 12.0. The largest absolute Gasteiger partial charge is 0.480 e. The van der Waals surface area contributed by atoms with Crippen molar-refractivity contribution in [3.05, 3.63) is 0 Å². The Balaban J connectivity index is 4.84. The molecule has 0 rings (SSSR count). The molecule has 0 saturated heterocycles. The number of likely N-dealkylation sites (N-methyl/N-ethyl adjacent to an activating group) is 2. The quantitative estimate of drug-likeness (QED) is 0.528. The first-order valence-electron chi connectivity index (χ1n) is 6.05. The minimum absolute atomic E-state index is 0.158. The molecule has 0 bridgehead atoms. The number of hydrogen-bond donors (Lipinski definition) is 3. The van der Waals surface area contributed by atoms with Gasteiger partial charge in [0, 0.05) is 13.1 Å². The van der Waals surface area contributed by atoms with Gasteiger partial charge in [0.25, 0.3) is 0 Å². The highest BCUT2D eigenvalue weighted by molar-refractivity contribution is 5.87. The standard InChI is InChI=1S/C11H19N3O6/c1-3-12-8(15)5-13(4-2)11(20)14(6-9(16)17)7-10(18)19/h3-7H2,1-2H3,(H,12,15)(H,16,17)(H,18,19). The van der Waals surface area contributed by atoms with Gasteiger partial charge in [-0.05, 0) is 13.8 Å². The predicted octanol–water partition coefficient (Wildman–Crippen LogP) is -0.964. The van der Waals surface area contributed by atoms with Gasteiger partial charge in [0.05, 0.1) is 0 Å². The van der Waals surface area contributed by atoms with Crippen molar-refractivity contribution in [2.45, 2.75) is 13.8 Å². The molecule has 0 saturated carbocycles.